The predicted octanol–water partition coefficient (Wildman–Crippen LogP) is 1.57. The highest BCUT2D eigenvalue weighted by Gasteiger charge is 2.24. The number of amides is 1. The molecule has 21 heavy (non-hydrogen) atoms. The van der Waals surface area contributed by atoms with Gasteiger partial charge in [0.2, 0.25) is 5.91 Å². The highest BCUT2D eigenvalue weighted by molar-refractivity contribution is 5.79. The molecular formula is C16H24N2O3. The van der Waals surface area contributed by atoms with Crippen molar-refractivity contribution in [3.05, 3.63) is 23.8 Å². The monoisotopic (exact) mass is 292 g/mol. The Labute approximate surface area is 126 Å². The van der Waals surface area contributed by atoms with Crippen LogP contribution in [0.15, 0.2) is 18.2 Å². The fourth-order valence-corrected chi connectivity index (χ4v) is 2.68. The normalized spacial score (nSPS) is 21.7. The summed E-state index contributed by atoms with van der Waals surface area (Å²) in [6.07, 6.45) is 0.943. The van der Waals surface area contributed by atoms with Crippen LogP contribution < -0.4 is 20.1 Å². The van der Waals surface area contributed by atoms with E-state index in [9.17, 15) is 4.79 Å². The van der Waals surface area contributed by atoms with E-state index in [0.29, 0.717) is 12.5 Å². The van der Waals surface area contributed by atoms with Crippen LogP contribution in [0.3, 0.4) is 0 Å². The zero-order valence-corrected chi connectivity index (χ0v) is 12.9. The van der Waals surface area contributed by atoms with Gasteiger partial charge in [-0.25, -0.2) is 0 Å². The third-order valence-corrected chi connectivity index (χ3v) is 3.89. The van der Waals surface area contributed by atoms with Crippen LogP contribution in [0.4, 0.5) is 0 Å². The van der Waals surface area contributed by atoms with Gasteiger partial charge in [-0.1, -0.05) is 6.92 Å². The fourth-order valence-electron chi connectivity index (χ4n) is 2.68. The lowest BCUT2D eigenvalue weighted by atomic mass is 9.91. The van der Waals surface area contributed by atoms with E-state index in [1.165, 1.54) is 0 Å². The van der Waals surface area contributed by atoms with E-state index in [1.54, 1.807) is 14.2 Å². The number of benzene rings is 1. The fraction of sp³-hybridized carbons (Fsp3) is 0.562. The first-order valence-corrected chi connectivity index (χ1v) is 7.33. The number of carbonyl (C=O) groups excluding carboxylic acids is 1. The van der Waals surface area contributed by atoms with Crippen LogP contribution in [0.1, 0.15) is 18.9 Å². The first-order valence-electron chi connectivity index (χ1n) is 7.33. The molecule has 1 fully saturated rings. The molecule has 1 saturated heterocycles. The van der Waals surface area contributed by atoms with Crippen molar-refractivity contribution in [2.75, 3.05) is 27.3 Å². The Morgan fingerprint density at radius 2 is 2.14 bits per heavy atom. The quantitative estimate of drug-likeness (QED) is 0.865. The molecule has 2 unspecified atom stereocenters. The van der Waals surface area contributed by atoms with Gasteiger partial charge in [0.05, 0.1) is 20.1 Å². The van der Waals surface area contributed by atoms with Crippen molar-refractivity contribution >= 4 is 5.91 Å². The lowest BCUT2D eigenvalue weighted by molar-refractivity contribution is -0.126. The molecule has 0 aliphatic carbocycles. The smallest absolute Gasteiger partial charge is 0.224 e. The minimum Gasteiger partial charge on any atom is -0.497 e. The summed E-state index contributed by atoms with van der Waals surface area (Å²) < 4.78 is 10.5. The molecule has 5 heteroatoms. The number of nitrogens with one attached hydrogen (secondary N) is 2. The maximum absolute atomic E-state index is 12.2. The number of hydrogen-bond donors (Lipinski definition) is 2. The van der Waals surface area contributed by atoms with Crippen molar-refractivity contribution in [3.8, 4) is 11.5 Å². The molecule has 5 nitrogen and oxygen atoms in total. The highest BCUT2D eigenvalue weighted by Crippen LogP contribution is 2.24. The zero-order valence-electron chi connectivity index (χ0n) is 12.9. The molecule has 1 heterocycles. The van der Waals surface area contributed by atoms with Crippen molar-refractivity contribution in [2.45, 2.75) is 19.9 Å². The summed E-state index contributed by atoms with van der Waals surface area (Å²) in [5.74, 6) is 2.17. The van der Waals surface area contributed by atoms with E-state index in [-0.39, 0.29) is 11.8 Å². The van der Waals surface area contributed by atoms with Gasteiger partial charge in [0, 0.05) is 24.7 Å². The number of rotatable bonds is 5. The molecule has 0 bridgehead atoms. The highest BCUT2D eigenvalue weighted by atomic mass is 16.5. The second-order valence-corrected chi connectivity index (χ2v) is 5.59. The molecule has 116 valence electrons. The lowest BCUT2D eigenvalue weighted by Crippen LogP contribution is -2.43. The van der Waals surface area contributed by atoms with Gasteiger partial charge in [-0.05, 0) is 31.0 Å². The molecule has 2 atom stereocenters. The zero-order chi connectivity index (χ0) is 15.2. The summed E-state index contributed by atoms with van der Waals surface area (Å²) in [7, 11) is 3.24. The van der Waals surface area contributed by atoms with Gasteiger partial charge in [-0.2, -0.15) is 0 Å². The summed E-state index contributed by atoms with van der Waals surface area (Å²) in [6, 6.07) is 5.61. The average Bonchev–Trinajstić information content (AvgIpc) is 2.52. The molecule has 2 N–H and O–H groups in total. The molecule has 1 aliphatic rings. The Morgan fingerprint density at radius 1 is 1.33 bits per heavy atom. The van der Waals surface area contributed by atoms with Crippen LogP contribution in [-0.4, -0.2) is 33.2 Å². The number of piperidine rings is 1. The van der Waals surface area contributed by atoms with Crippen LogP contribution in [0.5, 0.6) is 11.5 Å². The Balaban J connectivity index is 1.94. The molecule has 1 aromatic rings. The maximum atomic E-state index is 12.2. The Kier molecular flexibility index (Phi) is 5.44. The summed E-state index contributed by atoms with van der Waals surface area (Å²) in [4.78, 5) is 12.2. The second-order valence-electron chi connectivity index (χ2n) is 5.59. The number of hydrogen-bond acceptors (Lipinski definition) is 4. The molecular weight excluding hydrogens is 268 g/mol. The Hall–Kier alpha value is -1.75. The summed E-state index contributed by atoms with van der Waals surface area (Å²) in [5, 5.41) is 6.30. The van der Waals surface area contributed by atoms with Crippen molar-refractivity contribution in [2.24, 2.45) is 11.8 Å². The van der Waals surface area contributed by atoms with Crippen molar-refractivity contribution in [1.82, 2.24) is 10.6 Å². The first kappa shape index (κ1) is 15.6. The third kappa shape index (κ3) is 4.11. The summed E-state index contributed by atoms with van der Waals surface area (Å²) in [6.45, 7) is 4.39. The molecule has 0 aromatic heterocycles. The van der Waals surface area contributed by atoms with Crippen molar-refractivity contribution in [3.63, 3.8) is 0 Å². The van der Waals surface area contributed by atoms with Crippen LogP contribution in [0.2, 0.25) is 0 Å². The van der Waals surface area contributed by atoms with Gasteiger partial charge in [0.25, 0.3) is 0 Å². The lowest BCUT2D eigenvalue weighted by Gasteiger charge is -2.26. The van der Waals surface area contributed by atoms with Crippen LogP contribution >= 0.6 is 0 Å². The SMILES string of the molecule is COc1ccc(CNC(=O)C2CNCC(C)C2)c(OC)c1. The summed E-state index contributed by atoms with van der Waals surface area (Å²) in [5.41, 5.74) is 0.948. The molecule has 1 aliphatic heterocycles. The Morgan fingerprint density at radius 3 is 2.81 bits per heavy atom. The van der Waals surface area contributed by atoms with E-state index in [0.717, 1.165) is 36.6 Å². The number of methoxy groups -OCH3 is 2. The summed E-state index contributed by atoms with van der Waals surface area (Å²) >= 11 is 0. The predicted molar refractivity (Wildman–Crippen MR) is 81.5 cm³/mol. The second kappa shape index (κ2) is 7.31. The van der Waals surface area contributed by atoms with Gasteiger partial charge < -0.3 is 20.1 Å². The molecule has 1 aromatic carbocycles. The van der Waals surface area contributed by atoms with Crippen molar-refractivity contribution in [1.29, 1.82) is 0 Å². The number of carbonyl (C=O) groups is 1. The third-order valence-electron chi connectivity index (χ3n) is 3.89. The van der Waals surface area contributed by atoms with E-state index in [2.05, 4.69) is 17.6 Å². The number of ether oxygens (including phenoxy) is 2. The maximum Gasteiger partial charge on any atom is 0.224 e. The van der Waals surface area contributed by atoms with E-state index in [1.807, 2.05) is 18.2 Å². The standard InChI is InChI=1S/C16H24N2O3/c1-11-6-13(9-17-8-11)16(19)18-10-12-4-5-14(20-2)7-15(12)21-3/h4-5,7,11,13,17H,6,8-10H2,1-3H3,(H,18,19). The van der Waals surface area contributed by atoms with Gasteiger partial charge in [0.15, 0.2) is 0 Å². The topological polar surface area (TPSA) is 59.6 Å². The molecule has 1 amide bonds. The molecule has 0 radical (unpaired) electrons. The largest absolute Gasteiger partial charge is 0.497 e. The van der Waals surface area contributed by atoms with Crippen LogP contribution in [0.25, 0.3) is 0 Å². The molecule has 2 rings (SSSR count). The van der Waals surface area contributed by atoms with Gasteiger partial charge in [-0.15, -0.1) is 0 Å². The van der Waals surface area contributed by atoms with E-state index < -0.39 is 0 Å². The Bertz CT molecular complexity index is 490. The van der Waals surface area contributed by atoms with Crippen molar-refractivity contribution < 1.29 is 14.3 Å². The molecule has 0 saturated carbocycles. The minimum atomic E-state index is 0.0537. The van der Waals surface area contributed by atoms with E-state index in [4.69, 9.17) is 9.47 Å². The van der Waals surface area contributed by atoms with Gasteiger partial charge in [-0.3, -0.25) is 4.79 Å². The van der Waals surface area contributed by atoms with Crippen LogP contribution in [-0.2, 0) is 11.3 Å². The minimum absolute atomic E-state index is 0.0537. The molecule has 0 spiro atoms. The average molecular weight is 292 g/mol. The van der Waals surface area contributed by atoms with Gasteiger partial charge in [0.1, 0.15) is 11.5 Å². The first-order chi connectivity index (χ1) is 10.1. The van der Waals surface area contributed by atoms with Gasteiger partial charge >= 0.3 is 0 Å². The van der Waals surface area contributed by atoms with Crippen LogP contribution in [0, 0.1) is 11.8 Å². The van der Waals surface area contributed by atoms with E-state index >= 15 is 0 Å².